The van der Waals surface area contributed by atoms with Gasteiger partial charge in [-0.25, -0.2) is 0 Å². The lowest BCUT2D eigenvalue weighted by molar-refractivity contribution is 0.0592. The van der Waals surface area contributed by atoms with Crippen molar-refractivity contribution in [2.24, 2.45) is 0 Å². The molecule has 0 aromatic carbocycles. The summed E-state index contributed by atoms with van der Waals surface area (Å²) in [7, 11) is 2.23. The molecule has 0 aromatic heterocycles. The monoisotopic (exact) mass is 255 g/mol. The fraction of sp³-hybridized carbons (Fsp3) is 1.00. The molecule has 0 bridgehead atoms. The van der Waals surface area contributed by atoms with Crippen LogP contribution in [0.25, 0.3) is 0 Å². The molecule has 3 nitrogen and oxygen atoms in total. The second-order valence-corrected chi connectivity index (χ2v) is 5.70. The summed E-state index contributed by atoms with van der Waals surface area (Å²) in [5, 5.41) is 0. The minimum atomic E-state index is 0.730. The Bertz CT molecular complexity index is 202. The quantitative estimate of drug-likeness (QED) is 0.748. The van der Waals surface area contributed by atoms with Gasteiger partial charge >= 0.3 is 0 Å². The van der Waals surface area contributed by atoms with Gasteiger partial charge in [0.1, 0.15) is 0 Å². The molecule has 0 atom stereocenters. The minimum absolute atomic E-state index is 0.730. The van der Waals surface area contributed by atoms with E-state index in [-0.39, 0.29) is 0 Å². The molecular weight excluding hydrogens is 222 g/mol. The van der Waals surface area contributed by atoms with Crippen LogP contribution < -0.4 is 0 Å². The summed E-state index contributed by atoms with van der Waals surface area (Å²) in [6, 6.07) is 1.59. The second kappa shape index (κ2) is 8.13. The highest BCUT2D eigenvalue weighted by molar-refractivity contribution is 4.83. The molecule has 2 aliphatic heterocycles. The van der Waals surface area contributed by atoms with E-state index in [0.29, 0.717) is 0 Å². The van der Waals surface area contributed by atoms with Crippen LogP contribution >= 0.6 is 0 Å². The predicted octanol–water partition coefficient (Wildman–Crippen LogP) is 2.13. The Hall–Kier alpha value is -0.120. The highest BCUT2D eigenvalue weighted by Gasteiger charge is 2.27. The molecule has 2 fully saturated rings. The van der Waals surface area contributed by atoms with Gasteiger partial charge in [-0.1, -0.05) is 13.8 Å². The Morgan fingerprint density at radius 2 is 1.33 bits per heavy atom. The van der Waals surface area contributed by atoms with Crippen molar-refractivity contribution in [2.75, 3.05) is 46.3 Å². The van der Waals surface area contributed by atoms with Crippen LogP contribution in [0.1, 0.15) is 40.5 Å². The van der Waals surface area contributed by atoms with Gasteiger partial charge in [-0.05, 0) is 46.8 Å². The first-order valence-electron chi connectivity index (χ1n) is 7.83. The molecule has 108 valence electrons. The first kappa shape index (κ1) is 15.9. The third-order valence-electron chi connectivity index (χ3n) is 4.28. The standard InChI is InChI=1S/C13H27N3.C2H6/c1-12(2)15-6-4-13(5-7-15)16-10-8-14(3)9-11-16;1-2/h12-13H,4-11H2,1-3H3;1-2H3. The number of likely N-dealkylation sites (tertiary alicyclic amines) is 1. The average molecular weight is 255 g/mol. The van der Waals surface area contributed by atoms with Crippen LogP contribution in [0.3, 0.4) is 0 Å². The summed E-state index contributed by atoms with van der Waals surface area (Å²) in [5.41, 5.74) is 0. The molecule has 0 N–H and O–H groups in total. The first-order valence-corrected chi connectivity index (χ1v) is 7.83. The van der Waals surface area contributed by atoms with Crippen molar-refractivity contribution < 1.29 is 0 Å². The maximum atomic E-state index is 2.72. The van der Waals surface area contributed by atoms with E-state index in [0.717, 1.165) is 12.1 Å². The van der Waals surface area contributed by atoms with E-state index in [2.05, 4.69) is 35.6 Å². The molecule has 0 saturated carbocycles. The van der Waals surface area contributed by atoms with Crippen LogP contribution in [-0.4, -0.2) is 73.1 Å². The zero-order valence-electron chi connectivity index (χ0n) is 13.2. The Labute approximate surface area is 114 Å². The van der Waals surface area contributed by atoms with Crippen molar-refractivity contribution in [2.45, 2.75) is 52.6 Å². The van der Waals surface area contributed by atoms with Gasteiger partial charge in [0, 0.05) is 38.3 Å². The molecule has 0 aliphatic carbocycles. The summed E-state index contributed by atoms with van der Waals surface area (Å²) >= 11 is 0. The second-order valence-electron chi connectivity index (χ2n) is 5.70. The fourth-order valence-electron chi connectivity index (χ4n) is 2.95. The van der Waals surface area contributed by atoms with E-state index >= 15 is 0 Å². The Balaban J connectivity index is 0.000000771. The van der Waals surface area contributed by atoms with Gasteiger partial charge in [0.05, 0.1) is 0 Å². The van der Waals surface area contributed by atoms with Crippen molar-refractivity contribution in [3.05, 3.63) is 0 Å². The van der Waals surface area contributed by atoms with E-state index < -0.39 is 0 Å². The van der Waals surface area contributed by atoms with Gasteiger partial charge in [-0.3, -0.25) is 4.90 Å². The summed E-state index contributed by atoms with van der Waals surface area (Å²) in [5.74, 6) is 0. The molecule has 0 aromatic rings. The first-order chi connectivity index (χ1) is 8.66. The van der Waals surface area contributed by atoms with Crippen molar-refractivity contribution in [1.29, 1.82) is 0 Å². The Kier molecular flexibility index (Phi) is 7.20. The SMILES string of the molecule is CC.CC(C)N1CCC(N2CCN(C)CC2)CC1. The van der Waals surface area contributed by atoms with Crippen LogP contribution in [0.2, 0.25) is 0 Å². The number of piperazine rings is 1. The lowest BCUT2D eigenvalue weighted by Crippen LogP contribution is -2.53. The van der Waals surface area contributed by atoms with Crippen molar-refractivity contribution in [3.8, 4) is 0 Å². The number of nitrogens with zero attached hydrogens (tertiary/aromatic N) is 3. The highest BCUT2D eigenvalue weighted by Crippen LogP contribution is 2.19. The van der Waals surface area contributed by atoms with Gasteiger partial charge in [0.2, 0.25) is 0 Å². The molecule has 0 radical (unpaired) electrons. The third-order valence-corrected chi connectivity index (χ3v) is 4.28. The molecule has 0 unspecified atom stereocenters. The minimum Gasteiger partial charge on any atom is -0.304 e. The van der Waals surface area contributed by atoms with Crippen molar-refractivity contribution in [3.63, 3.8) is 0 Å². The molecule has 2 rings (SSSR count). The average Bonchev–Trinajstić information content (AvgIpc) is 2.42. The smallest absolute Gasteiger partial charge is 0.0121 e. The molecule has 3 heteroatoms. The highest BCUT2D eigenvalue weighted by atomic mass is 15.3. The fourth-order valence-corrected chi connectivity index (χ4v) is 2.95. The van der Waals surface area contributed by atoms with E-state index in [1.54, 1.807) is 0 Å². The third kappa shape index (κ3) is 4.52. The lowest BCUT2D eigenvalue weighted by Gasteiger charge is -2.43. The largest absolute Gasteiger partial charge is 0.304 e. The van der Waals surface area contributed by atoms with E-state index in [1.165, 1.54) is 52.1 Å². The van der Waals surface area contributed by atoms with Crippen LogP contribution in [0.15, 0.2) is 0 Å². The Morgan fingerprint density at radius 1 is 0.833 bits per heavy atom. The summed E-state index contributed by atoms with van der Waals surface area (Å²) < 4.78 is 0. The van der Waals surface area contributed by atoms with Crippen molar-refractivity contribution >= 4 is 0 Å². The van der Waals surface area contributed by atoms with E-state index in [4.69, 9.17) is 0 Å². The normalized spacial score (nSPS) is 25.0. The topological polar surface area (TPSA) is 9.72 Å². The van der Waals surface area contributed by atoms with Gasteiger partial charge in [-0.15, -0.1) is 0 Å². The van der Waals surface area contributed by atoms with E-state index in [9.17, 15) is 0 Å². The molecule has 2 heterocycles. The number of hydrogen-bond acceptors (Lipinski definition) is 3. The van der Waals surface area contributed by atoms with Gasteiger partial charge in [-0.2, -0.15) is 0 Å². The molecular formula is C15H33N3. The number of likely N-dealkylation sites (N-methyl/N-ethyl adjacent to an activating group) is 1. The lowest BCUT2D eigenvalue weighted by atomic mass is 10.0. The maximum absolute atomic E-state index is 2.72. The van der Waals surface area contributed by atoms with Gasteiger partial charge in [0.15, 0.2) is 0 Å². The van der Waals surface area contributed by atoms with Crippen LogP contribution in [0.5, 0.6) is 0 Å². The number of hydrogen-bond donors (Lipinski definition) is 0. The van der Waals surface area contributed by atoms with Crippen LogP contribution in [-0.2, 0) is 0 Å². The summed E-state index contributed by atoms with van der Waals surface area (Å²) in [4.78, 5) is 7.78. The zero-order valence-corrected chi connectivity index (χ0v) is 13.2. The van der Waals surface area contributed by atoms with Crippen LogP contribution in [0, 0.1) is 0 Å². The summed E-state index contributed by atoms with van der Waals surface area (Å²) in [6.07, 6.45) is 2.75. The molecule has 2 aliphatic rings. The molecule has 2 saturated heterocycles. The van der Waals surface area contributed by atoms with Crippen LogP contribution in [0.4, 0.5) is 0 Å². The number of rotatable bonds is 2. The van der Waals surface area contributed by atoms with Crippen molar-refractivity contribution in [1.82, 2.24) is 14.7 Å². The maximum Gasteiger partial charge on any atom is 0.0121 e. The van der Waals surface area contributed by atoms with Gasteiger partial charge < -0.3 is 9.80 Å². The Morgan fingerprint density at radius 3 is 1.78 bits per heavy atom. The molecule has 18 heavy (non-hydrogen) atoms. The molecule has 0 spiro atoms. The van der Waals surface area contributed by atoms with Gasteiger partial charge in [0.25, 0.3) is 0 Å². The van der Waals surface area contributed by atoms with E-state index in [1.807, 2.05) is 13.8 Å². The zero-order chi connectivity index (χ0) is 13.5. The predicted molar refractivity (Wildman–Crippen MR) is 80.1 cm³/mol. The summed E-state index contributed by atoms with van der Waals surface area (Å²) in [6.45, 7) is 16.3. The molecule has 0 amide bonds. The number of piperidine rings is 1.